The second kappa shape index (κ2) is 11.1. The van der Waals surface area contributed by atoms with Crippen molar-refractivity contribution >= 4 is 40.4 Å². The van der Waals surface area contributed by atoms with Crippen LogP contribution in [0.5, 0.6) is 0 Å². The van der Waals surface area contributed by atoms with E-state index in [1.54, 1.807) is 18.0 Å². The van der Waals surface area contributed by atoms with E-state index in [9.17, 15) is 9.59 Å². The van der Waals surface area contributed by atoms with Crippen LogP contribution in [0.25, 0.3) is 0 Å². The highest BCUT2D eigenvalue weighted by Crippen LogP contribution is 2.33. The summed E-state index contributed by atoms with van der Waals surface area (Å²) in [6.45, 7) is 2.69. The molecule has 0 aromatic carbocycles. The molecule has 3 amide bonds. The summed E-state index contributed by atoms with van der Waals surface area (Å²) in [5.41, 5.74) is 0. The van der Waals surface area contributed by atoms with Crippen molar-refractivity contribution in [2.45, 2.75) is 81.0 Å². The van der Waals surface area contributed by atoms with E-state index in [-0.39, 0.29) is 6.03 Å². The van der Waals surface area contributed by atoms with Gasteiger partial charge in [-0.15, -0.1) is 11.8 Å². The molecule has 2 saturated carbocycles. The summed E-state index contributed by atoms with van der Waals surface area (Å²) in [5, 5.41) is 14.6. The number of urea groups is 1. The molecule has 1 heterocycles. The molecule has 7 nitrogen and oxygen atoms in total. The highest BCUT2D eigenvalue weighted by Gasteiger charge is 2.33. The number of rotatable bonds is 7. The Labute approximate surface area is 181 Å². The molecule has 3 rings (SSSR count). The number of thiazole rings is 1. The second-order valence-electron chi connectivity index (χ2n) is 8.11. The number of nitrogens with zero attached hydrogens (tertiary/aromatic N) is 2. The van der Waals surface area contributed by atoms with E-state index in [2.05, 4.69) is 27.4 Å². The average molecular weight is 441 g/mol. The van der Waals surface area contributed by atoms with E-state index in [1.807, 2.05) is 0 Å². The van der Waals surface area contributed by atoms with Crippen molar-refractivity contribution < 1.29 is 14.7 Å². The zero-order valence-corrected chi connectivity index (χ0v) is 18.7. The van der Waals surface area contributed by atoms with Crippen molar-refractivity contribution in [3.05, 3.63) is 6.20 Å². The van der Waals surface area contributed by atoms with Gasteiger partial charge in [-0.3, -0.25) is 5.32 Å². The summed E-state index contributed by atoms with van der Waals surface area (Å²) in [4.78, 5) is 30.2. The smallest absolute Gasteiger partial charge is 0.404 e. The Balaban J connectivity index is 1.58. The summed E-state index contributed by atoms with van der Waals surface area (Å²) < 4.78 is 0.975. The number of hydrogen-bond donors (Lipinski definition) is 3. The molecule has 0 spiro atoms. The van der Waals surface area contributed by atoms with Gasteiger partial charge >= 0.3 is 12.1 Å². The molecule has 2 aliphatic carbocycles. The van der Waals surface area contributed by atoms with Gasteiger partial charge in [0.15, 0.2) is 5.13 Å². The van der Waals surface area contributed by atoms with Gasteiger partial charge in [0, 0.05) is 24.4 Å². The standard InChI is InChI=1S/C20H32N4O3S2/c1-14-7-9-16(10-8-14)24(15-5-3-2-4-6-15)19(25)23-18-22-13-17(29-18)28-12-11-21-20(26)27/h13-16,21H,2-12H2,1H3,(H,26,27)(H,22,23,25). The van der Waals surface area contributed by atoms with Gasteiger partial charge in [0.2, 0.25) is 0 Å². The van der Waals surface area contributed by atoms with Crippen LogP contribution in [0.1, 0.15) is 64.7 Å². The third kappa shape index (κ3) is 6.77. The van der Waals surface area contributed by atoms with Crippen LogP contribution in [0, 0.1) is 5.92 Å². The number of aromatic nitrogens is 1. The third-order valence-electron chi connectivity index (χ3n) is 5.90. The lowest BCUT2D eigenvalue weighted by Gasteiger charge is -2.42. The van der Waals surface area contributed by atoms with Crippen molar-refractivity contribution in [3.63, 3.8) is 0 Å². The highest BCUT2D eigenvalue weighted by atomic mass is 32.2. The number of thioether (sulfide) groups is 1. The molecule has 0 radical (unpaired) electrons. The molecule has 162 valence electrons. The Bertz CT molecular complexity index is 670. The van der Waals surface area contributed by atoms with Crippen LogP contribution in [0.3, 0.4) is 0 Å². The third-order valence-corrected chi connectivity index (χ3v) is 8.01. The first-order valence-corrected chi connectivity index (χ1v) is 12.5. The van der Waals surface area contributed by atoms with Crippen LogP contribution in [-0.2, 0) is 0 Å². The number of anilines is 1. The number of amides is 3. The van der Waals surface area contributed by atoms with Crippen LogP contribution in [0.4, 0.5) is 14.7 Å². The first-order chi connectivity index (χ1) is 14.0. The van der Waals surface area contributed by atoms with Gasteiger partial charge in [-0.05, 0) is 44.4 Å². The van der Waals surface area contributed by atoms with E-state index in [4.69, 9.17) is 5.11 Å². The molecule has 1 aromatic rings. The molecule has 2 aliphatic rings. The Hall–Kier alpha value is -1.48. The molecule has 0 saturated heterocycles. The molecule has 0 bridgehead atoms. The second-order valence-corrected chi connectivity index (χ2v) is 10.5. The first kappa shape index (κ1) is 22.2. The lowest BCUT2D eigenvalue weighted by molar-refractivity contribution is 0.105. The highest BCUT2D eigenvalue weighted by molar-refractivity contribution is 8.01. The fourth-order valence-electron chi connectivity index (χ4n) is 4.36. The molecule has 29 heavy (non-hydrogen) atoms. The maximum absolute atomic E-state index is 13.2. The van der Waals surface area contributed by atoms with Crippen LogP contribution in [-0.4, -0.2) is 51.5 Å². The quantitative estimate of drug-likeness (QED) is 0.398. The molecule has 3 N–H and O–H groups in total. The minimum absolute atomic E-state index is 0.00473. The van der Waals surface area contributed by atoms with Gasteiger partial charge in [-0.2, -0.15) is 0 Å². The van der Waals surface area contributed by atoms with Crippen molar-refractivity contribution in [1.29, 1.82) is 0 Å². The number of nitrogens with one attached hydrogen (secondary N) is 2. The van der Waals surface area contributed by atoms with Gasteiger partial charge in [0.25, 0.3) is 0 Å². The van der Waals surface area contributed by atoms with E-state index in [0.29, 0.717) is 29.5 Å². The molecule has 2 fully saturated rings. The molecule has 1 aromatic heterocycles. The zero-order chi connectivity index (χ0) is 20.6. The Morgan fingerprint density at radius 3 is 2.55 bits per heavy atom. The summed E-state index contributed by atoms with van der Waals surface area (Å²) in [5.74, 6) is 1.40. The Morgan fingerprint density at radius 1 is 1.17 bits per heavy atom. The largest absolute Gasteiger partial charge is 0.465 e. The van der Waals surface area contributed by atoms with Crippen LogP contribution in [0.2, 0.25) is 0 Å². The van der Waals surface area contributed by atoms with Crippen molar-refractivity contribution in [2.24, 2.45) is 5.92 Å². The van der Waals surface area contributed by atoms with Gasteiger partial charge in [0.05, 0.1) is 10.4 Å². The van der Waals surface area contributed by atoms with Crippen molar-refractivity contribution in [2.75, 3.05) is 17.6 Å². The average Bonchev–Trinajstić information content (AvgIpc) is 3.15. The van der Waals surface area contributed by atoms with Gasteiger partial charge in [-0.1, -0.05) is 37.5 Å². The predicted octanol–water partition coefficient (Wildman–Crippen LogP) is 5.25. The Kier molecular flexibility index (Phi) is 8.47. The maximum atomic E-state index is 13.2. The molecule has 9 heteroatoms. The monoisotopic (exact) mass is 440 g/mol. The summed E-state index contributed by atoms with van der Waals surface area (Å²) in [6, 6.07) is 0.679. The topological polar surface area (TPSA) is 94.6 Å². The number of carbonyl (C=O) groups is 2. The SMILES string of the molecule is CC1CCC(N(C(=O)Nc2ncc(SCCNC(=O)O)s2)C2CCCCC2)CC1. The fraction of sp³-hybridized carbons (Fsp3) is 0.750. The molecule has 0 atom stereocenters. The molecule has 0 aliphatic heterocycles. The lowest BCUT2D eigenvalue weighted by Crippen LogP contribution is -2.51. The van der Waals surface area contributed by atoms with Crippen molar-refractivity contribution in [1.82, 2.24) is 15.2 Å². The van der Waals surface area contributed by atoms with Crippen LogP contribution >= 0.6 is 23.1 Å². The number of carbonyl (C=O) groups excluding carboxylic acids is 1. The minimum Gasteiger partial charge on any atom is -0.465 e. The van der Waals surface area contributed by atoms with Gasteiger partial charge < -0.3 is 15.3 Å². The van der Waals surface area contributed by atoms with E-state index in [0.717, 1.165) is 35.8 Å². The van der Waals surface area contributed by atoms with E-state index in [1.165, 1.54) is 43.4 Å². The molecular weight excluding hydrogens is 408 g/mol. The molecule has 0 unspecified atom stereocenters. The van der Waals surface area contributed by atoms with Crippen molar-refractivity contribution in [3.8, 4) is 0 Å². The zero-order valence-electron chi connectivity index (χ0n) is 17.1. The minimum atomic E-state index is -1.01. The van der Waals surface area contributed by atoms with Gasteiger partial charge in [-0.25, -0.2) is 14.6 Å². The normalized spacial score (nSPS) is 22.8. The maximum Gasteiger partial charge on any atom is 0.404 e. The first-order valence-electron chi connectivity index (χ1n) is 10.7. The number of hydrogen-bond acceptors (Lipinski definition) is 5. The summed E-state index contributed by atoms with van der Waals surface area (Å²) >= 11 is 2.99. The fourth-order valence-corrected chi connectivity index (χ4v) is 6.15. The summed E-state index contributed by atoms with van der Waals surface area (Å²) in [7, 11) is 0. The molecular formula is C20H32N4O3S2. The summed E-state index contributed by atoms with van der Waals surface area (Å²) in [6.07, 6.45) is 11.2. The van der Waals surface area contributed by atoms with E-state index >= 15 is 0 Å². The predicted molar refractivity (Wildman–Crippen MR) is 118 cm³/mol. The Morgan fingerprint density at radius 2 is 1.86 bits per heavy atom. The van der Waals surface area contributed by atoms with Crippen LogP contribution < -0.4 is 10.6 Å². The lowest BCUT2D eigenvalue weighted by atomic mass is 9.84. The van der Waals surface area contributed by atoms with Crippen LogP contribution in [0.15, 0.2) is 10.4 Å². The van der Waals surface area contributed by atoms with E-state index < -0.39 is 6.09 Å². The number of carboxylic acid groups (broad SMARTS) is 1. The van der Waals surface area contributed by atoms with Gasteiger partial charge in [0.1, 0.15) is 0 Å².